The SMILES string of the molecule is N#CC1(NC(=O)[C@@H]2CCCC[C@H]2C(=O)N2CCC3=C(C2)C2C=CC=CC2O3)CC1. The molecule has 2 unspecified atom stereocenters. The van der Waals surface area contributed by atoms with Gasteiger partial charge < -0.3 is 15.0 Å². The maximum absolute atomic E-state index is 13.5. The largest absolute Gasteiger partial charge is 0.490 e. The van der Waals surface area contributed by atoms with Gasteiger partial charge in [-0.15, -0.1) is 0 Å². The normalized spacial score (nSPS) is 34.0. The zero-order valence-corrected chi connectivity index (χ0v) is 16.6. The molecule has 5 aliphatic rings. The lowest BCUT2D eigenvalue weighted by Gasteiger charge is -2.36. The van der Waals surface area contributed by atoms with Crippen molar-refractivity contribution in [3.8, 4) is 6.07 Å². The van der Waals surface area contributed by atoms with Gasteiger partial charge in [-0.25, -0.2) is 0 Å². The molecule has 152 valence electrons. The molecule has 2 amide bonds. The number of allylic oxidation sites excluding steroid dienone is 2. The molecule has 6 nitrogen and oxygen atoms in total. The summed E-state index contributed by atoms with van der Waals surface area (Å²) in [7, 11) is 0. The van der Waals surface area contributed by atoms with Gasteiger partial charge in [0.25, 0.3) is 0 Å². The van der Waals surface area contributed by atoms with Gasteiger partial charge in [0.2, 0.25) is 11.8 Å². The second kappa shape index (κ2) is 7.05. The average Bonchev–Trinajstić information content (AvgIpc) is 3.44. The highest BCUT2D eigenvalue weighted by molar-refractivity contribution is 5.89. The lowest BCUT2D eigenvalue weighted by molar-refractivity contribution is -0.143. The minimum Gasteiger partial charge on any atom is -0.490 e. The molecule has 0 saturated heterocycles. The number of nitrogens with one attached hydrogen (secondary N) is 1. The van der Waals surface area contributed by atoms with E-state index in [2.05, 4.69) is 23.5 Å². The predicted octanol–water partition coefficient (Wildman–Crippen LogP) is 2.59. The van der Waals surface area contributed by atoms with E-state index in [9.17, 15) is 14.9 Å². The van der Waals surface area contributed by atoms with Crippen LogP contribution < -0.4 is 5.32 Å². The molecule has 0 aromatic heterocycles. The van der Waals surface area contributed by atoms with Crippen LogP contribution in [-0.4, -0.2) is 41.4 Å². The number of hydrogen-bond acceptors (Lipinski definition) is 4. The molecule has 2 aliphatic heterocycles. The van der Waals surface area contributed by atoms with Gasteiger partial charge in [0.15, 0.2) is 0 Å². The highest BCUT2D eigenvalue weighted by atomic mass is 16.5. The smallest absolute Gasteiger partial charge is 0.226 e. The van der Waals surface area contributed by atoms with Crippen LogP contribution >= 0.6 is 0 Å². The monoisotopic (exact) mass is 393 g/mol. The van der Waals surface area contributed by atoms with Crippen LogP contribution in [0.4, 0.5) is 0 Å². The van der Waals surface area contributed by atoms with Gasteiger partial charge in [0.1, 0.15) is 17.4 Å². The van der Waals surface area contributed by atoms with Crippen molar-refractivity contribution in [2.45, 2.75) is 56.6 Å². The van der Waals surface area contributed by atoms with Gasteiger partial charge in [-0.3, -0.25) is 9.59 Å². The molecule has 0 spiro atoms. The lowest BCUT2D eigenvalue weighted by Crippen LogP contribution is -2.49. The summed E-state index contributed by atoms with van der Waals surface area (Å²) < 4.78 is 6.09. The van der Waals surface area contributed by atoms with E-state index in [1.165, 1.54) is 5.57 Å². The van der Waals surface area contributed by atoms with Crippen LogP contribution in [-0.2, 0) is 14.3 Å². The van der Waals surface area contributed by atoms with Crippen LogP contribution in [0.3, 0.4) is 0 Å². The fraction of sp³-hybridized carbons (Fsp3) is 0.609. The second-order valence-corrected chi connectivity index (χ2v) is 9.02. The molecule has 3 aliphatic carbocycles. The number of carbonyl (C=O) groups excluding carboxylic acids is 2. The Bertz CT molecular complexity index is 861. The molecule has 6 heteroatoms. The van der Waals surface area contributed by atoms with E-state index < -0.39 is 5.54 Å². The summed E-state index contributed by atoms with van der Waals surface area (Å²) in [4.78, 5) is 28.3. The first-order chi connectivity index (χ1) is 14.1. The zero-order chi connectivity index (χ0) is 20.0. The molecular weight excluding hydrogens is 366 g/mol. The quantitative estimate of drug-likeness (QED) is 0.799. The number of carbonyl (C=O) groups is 2. The minimum absolute atomic E-state index is 0.0639. The Morgan fingerprint density at radius 3 is 2.69 bits per heavy atom. The first kappa shape index (κ1) is 18.5. The molecule has 0 aromatic rings. The molecular formula is C23H27N3O3. The van der Waals surface area contributed by atoms with Crippen molar-refractivity contribution in [1.82, 2.24) is 10.2 Å². The van der Waals surface area contributed by atoms with Crippen LogP contribution in [0.1, 0.15) is 44.9 Å². The number of rotatable bonds is 3. The lowest BCUT2D eigenvalue weighted by atomic mass is 9.77. The molecule has 4 atom stereocenters. The van der Waals surface area contributed by atoms with E-state index in [4.69, 9.17) is 4.74 Å². The number of amides is 2. The average molecular weight is 393 g/mol. The third-order valence-corrected chi connectivity index (χ3v) is 7.15. The molecule has 29 heavy (non-hydrogen) atoms. The summed E-state index contributed by atoms with van der Waals surface area (Å²) in [6.45, 7) is 1.25. The minimum atomic E-state index is -0.677. The van der Waals surface area contributed by atoms with Gasteiger partial charge in [-0.05, 0) is 37.3 Å². The Labute approximate surface area is 171 Å². The number of nitrogens with zero attached hydrogens (tertiary/aromatic N) is 2. The van der Waals surface area contributed by atoms with Crippen molar-refractivity contribution in [2.75, 3.05) is 13.1 Å². The Hall–Kier alpha value is -2.55. The van der Waals surface area contributed by atoms with E-state index in [0.717, 1.165) is 37.9 Å². The first-order valence-corrected chi connectivity index (χ1v) is 10.9. The number of nitriles is 1. The highest BCUT2D eigenvalue weighted by Crippen LogP contribution is 2.41. The molecule has 2 saturated carbocycles. The van der Waals surface area contributed by atoms with E-state index in [0.29, 0.717) is 25.9 Å². The molecule has 2 fully saturated rings. The topological polar surface area (TPSA) is 82.4 Å². The Balaban J connectivity index is 1.29. The Morgan fingerprint density at radius 1 is 1.17 bits per heavy atom. The zero-order valence-electron chi connectivity index (χ0n) is 16.6. The summed E-state index contributed by atoms with van der Waals surface area (Å²) >= 11 is 0. The highest BCUT2D eigenvalue weighted by Gasteiger charge is 2.48. The molecule has 5 rings (SSSR count). The molecule has 0 aromatic carbocycles. The van der Waals surface area contributed by atoms with E-state index >= 15 is 0 Å². The Morgan fingerprint density at radius 2 is 1.93 bits per heavy atom. The van der Waals surface area contributed by atoms with Crippen molar-refractivity contribution in [3.05, 3.63) is 35.6 Å². The molecule has 0 radical (unpaired) electrons. The molecule has 1 N–H and O–H groups in total. The fourth-order valence-corrected chi connectivity index (χ4v) is 5.26. The van der Waals surface area contributed by atoms with Crippen LogP contribution in [0.2, 0.25) is 0 Å². The van der Waals surface area contributed by atoms with Gasteiger partial charge in [0, 0.05) is 37.3 Å². The maximum atomic E-state index is 13.5. The van der Waals surface area contributed by atoms with Crippen molar-refractivity contribution < 1.29 is 14.3 Å². The van der Waals surface area contributed by atoms with E-state index in [-0.39, 0.29) is 35.7 Å². The van der Waals surface area contributed by atoms with Crippen LogP contribution in [0.15, 0.2) is 35.6 Å². The third kappa shape index (κ3) is 3.27. The summed E-state index contributed by atoms with van der Waals surface area (Å²) in [6, 6.07) is 2.22. The van der Waals surface area contributed by atoms with Crippen molar-refractivity contribution >= 4 is 11.8 Å². The molecule has 0 bridgehead atoms. The van der Waals surface area contributed by atoms with E-state index in [1.54, 1.807) is 0 Å². The maximum Gasteiger partial charge on any atom is 0.226 e. The summed E-state index contributed by atoms with van der Waals surface area (Å²) in [5, 5.41) is 12.2. The molecule has 2 heterocycles. The predicted molar refractivity (Wildman–Crippen MR) is 106 cm³/mol. The van der Waals surface area contributed by atoms with Crippen molar-refractivity contribution in [3.63, 3.8) is 0 Å². The Kier molecular flexibility index (Phi) is 4.49. The van der Waals surface area contributed by atoms with Crippen LogP contribution in [0, 0.1) is 29.1 Å². The van der Waals surface area contributed by atoms with Crippen molar-refractivity contribution in [1.29, 1.82) is 5.26 Å². The van der Waals surface area contributed by atoms with Gasteiger partial charge in [0.05, 0.1) is 6.07 Å². The standard InChI is InChI=1S/C23H27N3O3/c24-14-23(10-11-23)25-21(27)16-6-1-2-7-17(16)22(28)26-12-9-20-18(13-26)15-5-3-4-8-19(15)29-20/h3-5,8,15-17,19H,1-2,6-7,9-13H2,(H,25,27)/t15?,16-,17-,19?/m1/s1. The van der Waals surface area contributed by atoms with Gasteiger partial charge >= 0.3 is 0 Å². The van der Waals surface area contributed by atoms with Gasteiger partial charge in [-0.2, -0.15) is 5.26 Å². The summed E-state index contributed by atoms with van der Waals surface area (Å²) in [5.41, 5.74) is 0.540. The van der Waals surface area contributed by atoms with Crippen LogP contribution in [0.25, 0.3) is 0 Å². The fourth-order valence-electron chi connectivity index (χ4n) is 5.26. The first-order valence-electron chi connectivity index (χ1n) is 10.9. The summed E-state index contributed by atoms with van der Waals surface area (Å²) in [5.74, 6) is 0.660. The second-order valence-electron chi connectivity index (χ2n) is 9.02. The number of fused-ring (bicyclic) bond motifs is 2. The third-order valence-electron chi connectivity index (χ3n) is 7.15. The summed E-state index contributed by atoms with van der Waals surface area (Å²) in [6.07, 6.45) is 14.0. The van der Waals surface area contributed by atoms with Crippen LogP contribution in [0.5, 0.6) is 0 Å². The van der Waals surface area contributed by atoms with Crippen molar-refractivity contribution in [2.24, 2.45) is 17.8 Å². The number of hydrogen-bond donors (Lipinski definition) is 1. The van der Waals surface area contributed by atoms with Gasteiger partial charge in [-0.1, -0.05) is 31.1 Å². The van der Waals surface area contributed by atoms with E-state index in [1.807, 2.05) is 17.1 Å². The number of ether oxygens (including phenoxy) is 1.